The lowest BCUT2D eigenvalue weighted by molar-refractivity contribution is -0.159. The zero-order valence-corrected chi connectivity index (χ0v) is 17.3. The van der Waals surface area contributed by atoms with Crippen molar-refractivity contribution in [2.75, 3.05) is 18.1 Å². The molecule has 1 saturated carbocycles. The first-order chi connectivity index (χ1) is 15.1. The van der Waals surface area contributed by atoms with Crippen molar-refractivity contribution in [3.63, 3.8) is 0 Å². The Morgan fingerprint density at radius 3 is 2.34 bits per heavy atom. The van der Waals surface area contributed by atoms with Gasteiger partial charge in [-0.2, -0.15) is 31.3 Å². The van der Waals surface area contributed by atoms with E-state index < -0.39 is 30.4 Å². The number of aromatic nitrogens is 2. The fourth-order valence-corrected chi connectivity index (χ4v) is 3.50. The van der Waals surface area contributed by atoms with Crippen molar-refractivity contribution in [3.8, 4) is 11.6 Å². The van der Waals surface area contributed by atoms with Crippen molar-refractivity contribution in [3.05, 3.63) is 36.0 Å². The van der Waals surface area contributed by atoms with Gasteiger partial charge in [0.05, 0.1) is 11.8 Å². The van der Waals surface area contributed by atoms with Crippen molar-refractivity contribution in [1.82, 2.24) is 9.97 Å². The van der Waals surface area contributed by atoms with Gasteiger partial charge in [0, 0.05) is 12.7 Å². The van der Waals surface area contributed by atoms with E-state index >= 15 is 0 Å². The normalized spacial score (nSPS) is 15.5. The molecule has 32 heavy (non-hydrogen) atoms. The SMILES string of the molecule is CCN(c1ncc(C(F)(F)F)c(OCC(F)(F)F)n1)c1ccccc1OC1CCCCC1. The van der Waals surface area contributed by atoms with Gasteiger partial charge >= 0.3 is 12.4 Å². The predicted molar refractivity (Wildman–Crippen MR) is 105 cm³/mol. The number of alkyl halides is 6. The van der Waals surface area contributed by atoms with E-state index in [2.05, 4.69) is 14.7 Å². The highest BCUT2D eigenvalue weighted by atomic mass is 19.4. The van der Waals surface area contributed by atoms with E-state index in [1.165, 1.54) is 4.90 Å². The third kappa shape index (κ3) is 6.17. The summed E-state index contributed by atoms with van der Waals surface area (Å²) in [7, 11) is 0. The standard InChI is InChI=1S/C21H23F6N3O2/c1-2-30(16-10-6-7-11-17(16)32-14-8-4-3-5-9-14)19-28-12-15(21(25,26)27)18(29-19)31-13-20(22,23)24/h6-7,10-12,14H,2-5,8-9,13H2,1H3. The van der Waals surface area contributed by atoms with Gasteiger partial charge in [0.1, 0.15) is 11.3 Å². The Hall–Kier alpha value is -2.72. The second kappa shape index (κ2) is 9.83. The lowest BCUT2D eigenvalue weighted by Crippen LogP contribution is -2.25. The minimum Gasteiger partial charge on any atom is -0.488 e. The average molecular weight is 463 g/mol. The van der Waals surface area contributed by atoms with E-state index in [-0.39, 0.29) is 18.6 Å². The van der Waals surface area contributed by atoms with E-state index in [4.69, 9.17) is 4.74 Å². The van der Waals surface area contributed by atoms with Crippen molar-refractivity contribution in [1.29, 1.82) is 0 Å². The maximum absolute atomic E-state index is 13.3. The minimum absolute atomic E-state index is 0.0165. The highest BCUT2D eigenvalue weighted by Crippen LogP contribution is 2.39. The van der Waals surface area contributed by atoms with Gasteiger partial charge in [-0.15, -0.1) is 0 Å². The van der Waals surface area contributed by atoms with Crippen molar-refractivity contribution in [2.45, 2.75) is 57.5 Å². The summed E-state index contributed by atoms with van der Waals surface area (Å²) in [5.74, 6) is -0.899. The topological polar surface area (TPSA) is 47.5 Å². The fourth-order valence-electron chi connectivity index (χ4n) is 3.50. The summed E-state index contributed by atoms with van der Waals surface area (Å²) in [6.07, 6.45) is -4.32. The lowest BCUT2D eigenvalue weighted by Gasteiger charge is -2.28. The van der Waals surface area contributed by atoms with E-state index in [0.717, 1.165) is 32.1 Å². The van der Waals surface area contributed by atoms with Crippen LogP contribution in [0.4, 0.5) is 38.0 Å². The van der Waals surface area contributed by atoms with Gasteiger partial charge in [0.2, 0.25) is 11.8 Å². The van der Waals surface area contributed by atoms with E-state index in [9.17, 15) is 26.3 Å². The monoisotopic (exact) mass is 463 g/mol. The maximum atomic E-state index is 13.3. The molecule has 0 amide bonds. The second-order valence-electron chi connectivity index (χ2n) is 7.38. The van der Waals surface area contributed by atoms with Crippen LogP contribution in [0.1, 0.15) is 44.6 Å². The summed E-state index contributed by atoms with van der Waals surface area (Å²) < 4.78 is 88.0. The van der Waals surface area contributed by atoms with Gasteiger partial charge in [0.15, 0.2) is 6.61 Å². The summed E-state index contributed by atoms with van der Waals surface area (Å²) in [6.45, 7) is 0.0455. The molecule has 0 unspecified atom stereocenters. The van der Waals surface area contributed by atoms with Crippen LogP contribution in [-0.4, -0.2) is 35.4 Å². The van der Waals surface area contributed by atoms with Gasteiger partial charge in [-0.1, -0.05) is 18.6 Å². The molecule has 1 heterocycles. The summed E-state index contributed by atoms with van der Waals surface area (Å²) in [6, 6.07) is 6.91. The minimum atomic E-state index is -4.97. The summed E-state index contributed by atoms with van der Waals surface area (Å²) in [4.78, 5) is 8.93. The smallest absolute Gasteiger partial charge is 0.423 e. The molecule has 0 N–H and O–H groups in total. The number of benzene rings is 1. The molecule has 11 heteroatoms. The summed E-state index contributed by atoms with van der Waals surface area (Å²) in [5, 5.41) is 0. The molecule has 0 spiro atoms. The van der Waals surface area contributed by atoms with Gasteiger partial charge in [-0.25, -0.2) is 4.98 Å². The van der Waals surface area contributed by atoms with Gasteiger partial charge in [-0.05, 0) is 44.7 Å². The van der Waals surface area contributed by atoms with Crippen LogP contribution in [0.2, 0.25) is 0 Å². The van der Waals surface area contributed by atoms with Crippen molar-refractivity contribution < 1.29 is 35.8 Å². The van der Waals surface area contributed by atoms with Crippen LogP contribution < -0.4 is 14.4 Å². The molecular formula is C21H23F6N3O2. The highest BCUT2D eigenvalue weighted by molar-refractivity contribution is 5.65. The molecule has 1 aromatic carbocycles. The molecule has 0 bridgehead atoms. The third-order valence-electron chi connectivity index (χ3n) is 4.98. The number of hydrogen-bond donors (Lipinski definition) is 0. The zero-order valence-electron chi connectivity index (χ0n) is 17.3. The molecule has 5 nitrogen and oxygen atoms in total. The molecule has 1 aliphatic carbocycles. The van der Waals surface area contributed by atoms with Gasteiger partial charge in [-0.3, -0.25) is 0 Å². The van der Waals surface area contributed by atoms with Gasteiger partial charge in [0.25, 0.3) is 0 Å². The molecular weight excluding hydrogens is 440 g/mol. The Morgan fingerprint density at radius 2 is 1.72 bits per heavy atom. The Morgan fingerprint density at radius 1 is 1.03 bits per heavy atom. The third-order valence-corrected chi connectivity index (χ3v) is 4.98. The number of hydrogen-bond acceptors (Lipinski definition) is 5. The summed E-state index contributed by atoms with van der Waals surface area (Å²) >= 11 is 0. The average Bonchev–Trinajstić information content (AvgIpc) is 2.73. The predicted octanol–water partition coefficient (Wildman–Crippen LogP) is 6.31. The number of ether oxygens (including phenoxy) is 2. The van der Waals surface area contributed by atoms with Crippen LogP contribution in [-0.2, 0) is 6.18 Å². The van der Waals surface area contributed by atoms with Gasteiger partial charge < -0.3 is 14.4 Å². The number of anilines is 2. The Balaban J connectivity index is 1.95. The van der Waals surface area contributed by atoms with E-state index in [0.29, 0.717) is 17.6 Å². The van der Waals surface area contributed by atoms with Crippen LogP contribution in [0, 0.1) is 0 Å². The number of nitrogens with zero attached hydrogens (tertiary/aromatic N) is 3. The van der Waals surface area contributed by atoms with Crippen LogP contribution in [0.15, 0.2) is 30.5 Å². The molecule has 2 aromatic rings. The number of para-hydroxylation sites is 2. The summed E-state index contributed by atoms with van der Waals surface area (Å²) in [5.41, 5.74) is -0.976. The Labute approximate surface area is 181 Å². The van der Waals surface area contributed by atoms with Crippen LogP contribution in [0.25, 0.3) is 0 Å². The Kier molecular flexibility index (Phi) is 7.35. The lowest BCUT2D eigenvalue weighted by atomic mass is 9.98. The van der Waals surface area contributed by atoms with Crippen molar-refractivity contribution >= 4 is 11.6 Å². The number of halogens is 6. The van der Waals surface area contributed by atoms with Crippen LogP contribution >= 0.6 is 0 Å². The number of rotatable bonds is 7. The van der Waals surface area contributed by atoms with Crippen LogP contribution in [0.5, 0.6) is 11.6 Å². The van der Waals surface area contributed by atoms with Crippen molar-refractivity contribution in [2.24, 2.45) is 0 Å². The Bertz CT molecular complexity index is 898. The molecule has 0 saturated heterocycles. The first-order valence-electron chi connectivity index (χ1n) is 10.3. The molecule has 1 fully saturated rings. The molecule has 0 aliphatic heterocycles. The molecule has 0 atom stereocenters. The molecule has 0 radical (unpaired) electrons. The maximum Gasteiger partial charge on any atom is 0.423 e. The molecule has 1 aliphatic rings. The molecule has 3 rings (SSSR count). The zero-order chi connectivity index (χ0) is 23.4. The molecule has 176 valence electrons. The first kappa shape index (κ1) is 23.9. The quantitative estimate of drug-likeness (QED) is 0.451. The molecule has 1 aromatic heterocycles. The largest absolute Gasteiger partial charge is 0.488 e. The first-order valence-corrected chi connectivity index (χ1v) is 10.3. The second-order valence-corrected chi connectivity index (χ2v) is 7.38. The van der Waals surface area contributed by atoms with E-state index in [1.807, 2.05) is 0 Å². The highest BCUT2D eigenvalue weighted by Gasteiger charge is 2.38. The van der Waals surface area contributed by atoms with Crippen LogP contribution in [0.3, 0.4) is 0 Å². The fraction of sp³-hybridized carbons (Fsp3) is 0.524. The van der Waals surface area contributed by atoms with E-state index in [1.54, 1.807) is 31.2 Å².